The van der Waals surface area contributed by atoms with Gasteiger partial charge in [-0.2, -0.15) is 0 Å². The summed E-state index contributed by atoms with van der Waals surface area (Å²) in [7, 11) is 0. The maximum absolute atomic E-state index is 6.07. The van der Waals surface area contributed by atoms with E-state index < -0.39 is 0 Å². The van der Waals surface area contributed by atoms with Crippen LogP contribution in [0.2, 0.25) is 0 Å². The Bertz CT molecular complexity index is 1030. The Labute approximate surface area is 150 Å². The normalized spacial score (nSPS) is 15.7. The minimum absolute atomic E-state index is 0.144. The van der Waals surface area contributed by atoms with Crippen molar-refractivity contribution >= 4 is 17.0 Å². The van der Waals surface area contributed by atoms with Gasteiger partial charge in [-0.1, -0.05) is 30.7 Å². The van der Waals surface area contributed by atoms with Crippen LogP contribution in [0.5, 0.6) is 0 Å². The van der Waals surface area contributed by atoms with Crippen molar-refractivity contribution in [2.45, 2.75) is 24.7 Å². The summed E-state index contributed by atoms with van der Waals surface area (Å²) in [6.45, 7) is 0. The molecule has 0 aliphatic heterocycles. The van der Waals surface area contributed by atoms with Gasteiger partial charge in [0.1, 0.15) is 5.52 Å². The molecule has 0 amide bonds. The summed E-state index contributed by atoms with van der Waals surface area (Å²) in [6, 6.07) is 10.3. The zero-order chi connectivity index (χ0) is 17.6. The standard InChI is InChI=1S/C20H17N5O/c21-19-23-10-14(11-24-19)13-2-4-15(5-3-13)20(7-1-8-20)18-25-16-12-22-9-6-17(16)26-18/h2-6,9-12H,1,7-8H2,(H2,21,23,24). The van der Waals surface area contributed by atoms with Crippen LogP contribution >= 0.6 is 0 Å². The molecule has 0 bridgehead atoms. The highest BCUT2D eigenvalue weighted by Gasteiger charge is 2.44. The highest BCUT2D eigenvalue weighted by molar-refractivity contribution is 5.71. The van der Waals surface area contributed by atoms with Crippen LogP contribution in [0.4, 0.5) is 5.95 Å². The molecule has 1 saturated carbocycles. The molecule has 3 heterocycles. The lowest BCUT2D eigenvalue weighted by molar-refractivity contribution is 0.244. The molecular formula is C20H17N5O. The molecule has 6 heteroatoms. The van der Waals surface area contributed by atoms with E-state index in [0.717, 1.165) is 41.0 Å². The fourth-order valence-electron chi connectivity index (χ4n) is 3.61. The van der Waals surface area contributed by atoms with Gasteiger partial charge in [0.2, 0.25) is 11.8 Å². The van der Waals surface area contributed by atoms with Gasteiger partial charge in [-0.15, -0.1) is 0 Å². The van der Waals surface area contributed by atoms with E-state index in [0.29, 0.717) is 0 Å². The summed E-state index contributed by atoms with van der Waals surface area (Å²) < 4.78 is 6.07. The van der Waals surface area contributed by atoms with Crippen molar-refractivity contribution in [3.63, 3.8) is 0 Å². The predicted molar refractivity (Wildman–Crippen MR) is 98.3 cm³/mol. The van der Waals surface area contributed by atoms with E-state index in [2.05, 4.69) is 39.2 Å². The minimum Gasteiger partial charge on any atom is -0.440 e. The quantitative estimate of drug-likeness (QED) is 0.609. The Balaban J connectivity index is 1.53. The highest BCUT2D eigenvalue weighted by atomic mass is 16.3. The predicted octanol–water partition coefficient (Wildman–Crippen LogP) is 3.73. The Morgan fingerprint density at radius 2 is 1.69 bits per heavy atom. The lowest BCUT2D eigenvalue weighted by Gasteiger charge is -2.39. The van der Waals surface area contributed by atoms with Crippen LogP contribution in [0.15, 0.2) is 59.5 Å². The Morgan fingerprint density at radius 3 is 2.35 bits per heavy atom. The topological polar surface area (TPSA) is 90.7 Å². The highest BCUT2D eigenvalue weighted by Crippen LogP contribution is 2.49. The van der Waals surface area contributed by atoms with Crippen LogP contribution in [-0.4, -0.2) is 19.9 Å². The number of nitrogens with two attached hydrogens (primary N) is 1. The molecule has 0 unspecified atom stereocenters. The Kier molecular flexibility index (Phi) is 3.25. The second kappa shape index (κ2) is 5.62. The third-order valence-corrected chi connectivity index (χ3v) is 5.25. The van der Waals surface area contributed by atoms with Crippen LogP contribution in [-0.2, 0) is 5.41 Å². The van der Waals surface area contributed by atoms with E-state index in [1.165, 1.54) is 12.0 Å². The molecule has 1 fully saturated rings. The van der Waals surface area contributed by atoms with E-state index in [9.17, 15) is 0 Å². The second-order valence-corrected chi connectivity index (χ2v) is 6.71. The number of pyridine rings is 1. The van der Waals surface area contributed by atoms with Gasteiger partial charge in [0.25, 0.3) is 0 Å². The zero-order valence-electron chi connectivity index (χ0n) is 14.1. The summed E-state index contributed by atoms with van der Waals surface area (Å²) in [4.78, 5) is 17.0. The van der Waals surface area contributed by atoms with E-state index in [1.807, 2.05) is 6.07 Å². The average molecular weight is 343 g/mol. The van der Waals surface area contributed by atoms with E-state index >= 15 is 0 Å². The molecule has 3 aromatic heterocycles. The number of nitrogen functional groups attached to an aromatic ring is 1. The number of rotatable bonds is 3. The lowest BCUT2D eigenvalue weighted by Crippen LogP contribution is -2.35. The van der Waals surface area contributed by atoms with Crippen molar-refractivity contribution in [2.24, 2.45) is 0 Å². The Hall–Kier alpha value is -3.28. The van der Waals surface area contributed by atoms with E-state index in [1.54, 1.807) is 24.8 Å². The van der Waals surface area contributed by atoms with Crippen LogP contribution in [0.25, 0.3) is 22.2 Å². The van der Waals surface area contributed by atoms with Gasteiger partial charge in [-0.3, -0.25) is 4.98 Å². The van der Waals surface area contributed by atoms with Crippen molar-refractivity contribution in [2.75, 3.05) is 5.73 Å². The molecule has 1 aliphatic carbocycles. The van der Waals surface area contributed by atoms with Gasteiger partial charge in [0, 0.05) is 30.2 Å². The van der Waals surface area contributed by atoms with Crippen LogP contribution in [0.3, 0.4) is 0 Å². The number of aromatic nitrogens is 4. The number of nitrogens with zero attached hydrogens (tertiary/aromatic N) is 4. The summed E-state index contributed by atoms with van der Waals surface area (Å²) in [5.41, 5.74) is 10.2. The van der Waals surface area contributed by atoms with Crippen molar-refractivity contribution < 1.29 is 4.42 Å². The molecule has 1 aromatic carbocycles. The van der Waals surface area contributed by atoms with Gasteiger partial charge < -0.3 is 10.2 Å². The molecule has 0 saturated heterocycles. The Morgan fingerprint density at radius 1 is 0.923 bits per heavy atom. The third-order valence-electron chi connectivity index (χ3n) is 5.25. The molecule has 0 spiro atoms. The van der Waals surface area contributed by atoms with Crippen LogP contribution in [0, 0.1) is 0 Å². The minimum atomic E-state index is -0.144. The summed E-state index contributed by atoms with van der Waals surface area (Å²) >= 11 is 0. The summed E-state index contributed by atoms with van der Waals surface area (Å²) in [5.74, 6) is 1.07. The summed E-state index contributed by atoms with van der Waals surface area (Å²) in [6.07, 6.45) is 10.2. The molecule has 0 radical (unpaired) electrons. The number of hydrogen-bond acceptors (Lipinski definition) is 6. The number of benzene rings is 1. The number of anilines is 1. The van der Waals surface area contributed by atoms with Crippen LogP contribution < -0.4 is 5.73 Å². The summed E-state index contributed by atoms with van der Waals surface area (Å²) in [5, 5.41) is 0. The first-order chi connectivity index (χ1) is 12.7. The fourth-order valence-corrected chi connectivity index (χ4v) is 3.61. The molecule has 4 aromatic rings. The smallest absolute Gasteiger partial charge is 0.219 e. The van der Waals surface area contributed by atoms with Gasteiger partial charge in [-0.05, 0) is 24.0 Å². The first-order valence-corrected chi connectivity index (χ1v) is 8.64. The van der Waals surface area contributed by atoms with Crippen molar-refractivity contribution in [1.82, 2.24) is 19.9 Å². The van der Waals surface area contributed by atoms with Gasteiger partial charge in [-0.25, -0.2) is 15.0 Å². The first-order valence-electron chi connectivity index (χ1n) is 8.64. The van der Waals surface area contributed by atoms with Gasteiger partial charge in [0.05, 0.1) is 11.6 Å². The van der Waals surface area contributed by atoms with E-state index in [4.69, 9.17) is 15.1 Å². The molecule has 1 aliphatic rings. The molecule has 128 valence electrons. The lowest BCUT2D eigenvalue weighted by atomic mass is 9.64. The van der Waals surface area contributed by atoms with Gasteiger partial charge >= 0.3 is 0 Å². The first kappa shape index (κ1) is 15.0. The fraction of sp³-hybridized carbons (Fsp3) is 0.200. The molecule has 5 rings (SSSR count). The van der Waals surface area contributed by atoms with E-state index in [-0.39, 0.29) is 11.4 Å². The van der Waals surface area contributed by atoms with Crippen molar-refractivity contribution in [1.29, 1.82) is 0 Å². The van der Waals surface area contributed by atoms with Crippen molar-refractivity contribution in [3.8, 4) is 11.1 Å². The monoisotopic (exact) mass is 343 g/mol. The number of oxazole rings is 1. The number of fused-ring (bicyclic) bond motifs is 1. The number of hydrogen-bond donors (Lipinski definition) is 1. The maximum Gasteiger partial charge on any atom is 0.219 e. The molecule has 6 nitrogen and oxygen atoms in total. The molecule has 0 atom stereocenters. The SMILES string of the molecule is Nc1ncc(-c2ccc(C3(c4nc5cnccc5o4)CCC3)cc2)cn1. The maximum atomic E-state index is 6.07. The third kappa shape index (κ3) is 2.26. The molecule has 2 N–H and O–H groups in total. The molecule has 26 heavy (non-hydrogen) atoms. The second-order valence-electron chi connectivity index (χ2n) is 6.71. The zero-order valence-corrected chi connectivity index (χ0v) is 14.1. The average Bonchev–Trinajstić information content (AvgIpc) is 3.06. The van der Waals surface area contributed by atoms with Gasteiger partial charge in [0.15, 0.2) is 5.58 Å². The van der Waals surface area contributed by atoms with Crippen LogP contribution in [0.1, 0.15) is 30.7 Å². The van der Waals surface area contributed by atoms with Crippen molar-refractivity contribution in [3.05, 3.63) is 66.6 Å². The largest absolute Gasteiger partial charge is 0.440 e. The molecular weight excluding hydrogens is 326 g/mol.